The van der Waals surface area contributed by atoms with E-state index in [0.29, 0.717) is 6.54 Å². The fraction of sp³-hybridized carbons (Fsp3) is 0.619. The zero-order valence-corrected chi connectivity index (χ0v) is 16.8. The van der Waals surface area contributed by atoms with Crippen LogP contribution in [0.15, 0.2) is 24.3 Å². The monoisotopic (exact) mass is 414 g/mol. The van der Waals surface area contributed by atoms with E-state index in [0.717, 1.165) is 44.2 Å². The summed E-state index contributed by atoms with van der Waals surface area (Å²) in [6, 6.07) is 3.64. The summed E-state index contributed by atoms with van der Waals surface area (Å²) in [5.41, 5.74) is -1.42. The molecule has 1 heterocycles. The average Bonchev–Trinajstić information content (AvgIpc) is 2.72. The molecular weight excluding hydrogens is 385 g/mol. The fourth-order valence-electron chi connectivity index (χ4n) is 3.41. The topological polar surface area (TPSA) is 58.6 Å². The van der Waals surface area contributed by atoms with E-state index in [-0.39, 0.29) is 19.7 Å². The highest BCUT2D eigenvalue weighted by atomic mass is 19.4. The predicted octanol–water partition coefficient (Wildman–Crippen LogP) is 4.66. The van der Waals surface area contributed by atoms with Crippen LogP contribution in [0.25, 0.3) is 0 Å². The number of halogens is 3. The first-order valence-electron chi connectivity index (χ1n) is 10.2. The molecule has 2 rings (SSSR count). The Morgan fingerprint density at radius 1 is 1.14 bits per heavy atom. The van der Waals surface area contributed by atoms with E-state index in [1.807, 2.05) is 0 Å². The Bertz CT molecular complexity index is 679. The van der Waals surface area contributed by atoms with E-state index in [2.05, 4.69) is 12.2 Å². The third kappa shape index (κ3) is 6.73. The minimum Gasteiger partial charge on any atom is -0.449 e. The lowest BCUT2D eigenvalue weighted by Gasteiger charge is -2.34. The van der Waals surface area contributed by atoms with Gasteiger partial charge in [-0.1, -0.05) is 57.2 Å². The van der Waals surface area contributed by atoms with Crippen LogP contribution in [0.5, 0.6) is 0 Å². The first kappa shape index (κ1) is 23.2. The van der Waals surface area contributed by atoms with E-state index in [1.54, 1.807) is 0 Å². The van der Waals surface area contributed by atoms with Crippen molar-refractivity contribution >= 4 is 11.9 Å². The lowest BCUT2D eigenvalue weighted by atomic mass is 9.96. The van der Waals surface area contributed by atoms with Crippen molar-refractivity contribution in [3.05, 3.63) is 35.4 Å². The van der Waals surface area contributed by atoms with Crippen LogP contribution in [0.2, 0.25) is 0 Å². The largest absolute Gasteiger partial charge is 0.449 e. The van der Waals surface area contributed by atoms with E-state index in [9.17, 15) is 22.8 Å². The van der Waals surface area contributed by atoms with Crippen molar-refractivity contribution < 1.29 is 27.5 Å². The van der Waals surface area contributed by atoms with Crippen molar-refractivity contribution in [2.24, 2.45) is 0 Å². The van der Waals surface area contributed by atoms with Crippen LogP contribution in [0, 0.1) is 0 Å². The number of amides is 1. The molecule has 29 heavy (non-hydrogen) atoms. The molecule has 1 amide bonds. The summed E-state index contributed by atoms with van der Waals surface area (Å²) in [5.74, 6) is -0.735. The summed E-state index contributed by atoms with van der Waals surface area (Å²) in [5, 5.41) is 2.97. The van der Waals surface area contributed by atoms with Gasteiger partial charge in [-0.05, 0) is 12.5 Å². The normalized spacial score (nSPS) is 17.2. The summed E-state index contributed by atoms with van der Waals surface area (Å²) in [7, 11) is 0. The third-order valence-corrected chi connectivity index (χ3v) is 5.00. The van der Waals surface area contributed by atoms with Gasteiger partial charge in [-0.15, -0.1) is 0 Å². The van der Waals surface area contributed by atoms with Crippen molar-refractivity contribution in [2.75, 3.05) is 26.2 Å². The number of hydrogen-bond donors (Lipinski definition) is 1. The first-order chi connectivity index (χ1) is 13.9. The van der Waals surface area contributed by atoms with Crippen molar-refractivity contribution in [2.45, 2.75) is 57.7 Å². The molecular formula is C21H29F3N2O3. The maximum Gasteiger partial charge on any atom is 0.417 e. The van der Waals surface area contributed by atoms with Gasteiger partial charge >= 0.3 is 12.3 Å². The molecule has 0 radical (unpaired) electrons. The Balaban J connectivity index is 1.99. The molecule has 1 fully saturated rings. The molecule has 0 bridgehead atoms. The van der Waals surface area contributed by atoms with Crippen molar-refractivity contribution in [3.8, 4) is 0 Å². The molecule has 1 aromatic rings. The van der Waals surface area contributed by atoms with Gasteiger partial charge in [0, 0.05) is 25.2 Å². The van der Waals surface area contributed by atoms with Gasteiger partial charge in [0.05, 0.1) is 12.2 Å². The van der Waals surface area contributed by atoms with E-state index in [1.165, 1.54) is 23.5 Å². The van der Waals surface area contributed by atoms with Crippen LogP contribution in [0.4, 0.5) is 18.0 Å². The number of ether oxygens (including phenoxy) is 1. The lowest BCUT2D eigenvalue weighted by molar-refractivity contribution is -0.137. The number of carbonyl (C=O) groups excluding carboxylic acids is 2. The number of hydrogen-bond acceptors (Lipinski definition) is 4. The van der Waals surface area contributed by atoms with Gasteiger partial charge < -0.3 is 10.1 Å². The highest BCUT2D eigenvalue weighted by molar-refractivity contribution is 6.03. The summed E-state index contributed by atoms with van der Waals surface area (Å²) in [4.78, 5) is 26.6. The fourth-order valence-corrected chi connectivity index (χ4v) is 3.41. The molecule has 1 aliphatic heterocycles. The summed E-state index contributed by atoms with van der Waals surface area (Å²) >= 11 is 0. The number of benzene rings is 1. The van der Waals surface area contributed by atoms with Crippen LogP contribution in [-0.4, -0.2) is 49.1 Å². The minimum absolute atomic E-state index is 0.0944. The SMILES string of the molecule is CCCCCCCCOC(=O)N1CCNCC1C(=O)c1ccccc1C(F)(F)F. The number of nitrogens with zero attached hydrogens (tertiary/aromatic N) is 1. The van der Waals surface area contributed by atoms with Crippen molar-refractivity contribution in [3.63, 3.8) is 0 Å². The molecule has 1 aromatic carbocycles. The zero-order chi connectivity index (χ0) is 21.3. The van der Waals surface area contributed by atoms with Gasteiger partial charge in [-0.25, -0.2) is 4.79 Å². The molecule has 162 valence electrons. The number of unbranched alkanes of at least 4 members (excludes halogenated alkanes) is 5. The Kier molecular flexibility index (Phi) is 8.95. The Morgan fingerprint density at radius 2 is 1.83 bits per heavy atom. The number of piperazine rings is 1. The van der Waals surface area contributed by atoms with E-state index >= 15 is 0 Å². The number of ketones is 1. The molecule has 0 aromatic heterocycles. The maximum absolute atomic E-state index is 13.3. The van der Waals surface area contributed by atoms with Gasteiger partial charge in [-0.2, -0.15) is 13.2 Å². The quantitative estimate of drug-likeness (QED) is 0.472. The Hall–Kier alpha value is -2.09. The number of alkyl halides is 3. The molecule has 5 nitrogen and oxygen atoms in total. The van der Waals surface area contributed by atoms with Crippen molar-refractivity contribution in [1.82, 2.24) is 10.2 Å². The Morgan fingerprint density at radius 3 is 2.55 bits per heavy atom. The number of Topliss-reactive ketones (excluding diaryl/α,β-unsaturated/α-hetero) is 1. The van der Waals surface area contributed by atoms with Gasteiger partial charge in [0.2, 0.25) is 0 Å². The van der Waals surface area contributed by atoms with Crippen LogP contribution in [-0.2, 0) is 10.9 Å². The molecule has 0 spiro atoms. The van der Waals surface area contributed by atoms with E-state index < -0.39 is 35.2 Å². The molecule has 0 saturated carbocycles. The summed E-state index contributed by atoms with van der Waals surface area (Å²) < 4.78 is 45.1. The van der Waals surface area contributed by atoms with Crippen LogP contribution >= 0.6 is 0 Å². The van der Waals surface area contributed by atoms with Gasteiger partial charge in [0.25, 0.3) is 0 Å². The molecule has 1 aliphatic rings. The second kappa shape index (κ2) is 11.2. The minimum atomic E-state index is -4.64. The smallest absolute Gasteiger partial charge is 0.417 e. The molecule has 1 N–H and O–H groups in total. The van der Waals surface area contributed by atoms with Gasteiger partial charge in [0.1, 0.15) is 6.04 Å². The second-order valence-corrected chi connectivity index (χ2v) is 7.20. The second-order valence-electron chi connectivity index (χ2n) is 7.20. The average molecular weight is 414 g/mol. The summed E-state index contributed by atoms with van der Waals surface area (Å²) in [6.45, 7) is 3.14. The van der Waals surface area contributed by atoms with Crippen LogP contribution in [0.3, 0.4) is 0 Å². The van der Waals surface area contributed by atoms with Gasteiger partial charge in [-0.3, -0.25) is 9.69 Å². The maximum atomic E-state index is 13.3. The number of carbonyl (C=O) groups is 2. The third-order valence-electron chi connectivity index (χ3n) is 5.00. The lowest BCUT2D eigenvalue weighted by Crippen LogP contribution is -2.57. The molecule has 1 unspecified atom stereocenters. The van der Waals surface area contributed by atoms with Crippen LogP contribution in [0.1, 0.15) is 61.4 Å². The molecule has 0 aliphatic carbocycles. The highest BCUT2D eigenvalue weighted by Gasteiger charge is 2.39. The first-order valence-corrected chi connectivity index (χ1v) is 10.2. The Labute approximate surface area is 169 Å². The van der Waals surface area contributed by atoms with Gasteiger partial charge in [0.15, 0.2) is 5.78 Å². The predicted molar refractivity (Wildman–Crippen MR) is 104 cm³/mol. The number of rotatable bonds is 9. The van der Waals surface area contributed by atoms with Crippen LogP contribution < -0.4 is 5.32 Å². The molecule has 1 saturated heterocycles. The number of nitrogens with one attached hydrogen (secondary N) is 1. The highest BCUT2D eigenvalue weighted by Crippen LogP contribution is 2.32. The summed E-state index contributed by atoms with van der Waals surface area (Å²) in [6.07, 6.45) is 0.966. The molecule has 1 atom stereocenters. The molecule has 8 heteroatoms. The standard InChI is InChI=1S/C21H29F3N2O3/c1-2-3-4-5-6-9-14-29-20(28)26-13-12-25-15-18(26)19(27)16-10-7-8-11-17(16)21(22,23)24/h7-8,10-11,18,25H,2-6,9,12-15H2,1H3. The van der Waals surface area contributed by atoms with Crippen molar-refractivity contribution in [1.29, 1.82) is 0 Å². The zero-order valence-electron chi connectivity index (χ0n) is 16.8. The van der Waals surface area contributed by atoms with E-state index in [4.69, 9.17) is 4.74 Å².